The van der Waals surface area contributed by atoms with Gasteiger partial charge < -0.3 is 9.64 Å². The molecule has 2 aliphatic rings. The zero-order valence-electron chi connectivity index (χ0n) is 15.8. The summed E-state index contributed by atoms with van der Waals surface area (Å²) in [6.07, 6.45) is -2.87. The molecule has 0 spiro atoms. The molecule has 2 saturated heterocycles. The highest BCUT2D eigenvalue weighted by Gasteiger charge is 2.35. The molecule has 30 heavy (non-hydrogen) atoms. The van der Waals surface area contributed by atoms with Gasteiger partial charge in [-0.1, -0.05) is 6.07 Å². The molecule has 158 valence electrons. The van der Waals surface area contributed by atoms with Gasteiger partial charge in [0.15, 0.2) is 5.65 Å². The molecule has 0 bridgehead atoms. The SMILES string of the molecule is FC(F)(F)c1cccc(-n2ncc3c(N4CC(N5CCOCC5)C4)nc(Cl)nc32)c1. The summed E-state index contributed by atoms with van der Waals surface area (Å²) in [5, 5.41) is 4.95. The van der Waals surface area contributed by atoms with Crippen molar-refractivity contribution in [3.63, 3.8) is 0 Å². The number of benzene rings is 1. The van der Waals surface area contributed by atoms with Crippen molar-refractivity contribution in [2.75, 3.05) is 44.3 Å². The van der Waals surface area contributed by atoms with E-state index >= 15 is 0 Å². The normalized spacial score (nSPS) is 18.7. The van der Waals surface area contributed by atoms with Crippen molar-refractivity contribution < 1.29 is 17.9 Å². The van der Waals surface area contributed by atoms with Crippen LogP contribution in [0.25, 0.3) is 16.7 Å². The molecule has 0 unspecified atom stereocenters. The lowest BCUT2D eigenvalue weighted by Gasteiger charge is -2.47. The number of rotatable bonds is 3. The zero-order chi connectivity index (χ0) is 20.9. The molecule has 0 atom stereocenters. The molecule has 5 rings (SSSR count). The van der Waals surface area contributed by atoms with E-state index in [1.807, 2.05) is 0 Å². The molecule has 4 heterocycles. The third kappa shape index (κ3) is 3.48. The third-order valence-corrected chi connectivity index (χ3v) is 5.69. The van der Waals surface area contributed by atoms with E-state index in [1.54, 1.807) is 12.3 Å². The lowest BCUT2D eigenvalue weighted by Crippen LogP contribution is -2.61. The van der Waals surface area contributed by atoms with Crippen LogP contribution in [0.5, 0.6) is 0 Å². The van der Waals surface area contributed by atoms with E-state index in [0.717, 1.165) is 51.5 Å². The van der Waals surface area contributed by atoms with Gasteiger partial charge in [0.1, 0.15) is 5.82 Å². The quantitative estimate of drug-likeness (QED) is 0.586. The van der Waals surface area contributed by atoms with Crippen molar-refractivity contribution in [3.8, 4) is 5.69 Å². The standard InChI is InChI=1S/C19H18ClF3N6O/c20-18-25-16(28-10-14(11-28)27-4-6-30-7-5-27)15-9-24-29(17(15)26-18)13-3-1-2-12(8-13)19(21,22)23/h1-3,8-9,14H,4-7,10-11H2. The van der Waals surface area contributed by atoms with E-state index in [9.17, 15) is 13.2 Å². The maximum Gasteiger partial charge on any atom is 0.416 e. The van der Waals surface area contributed by atoms with E-state index in [0.29, 0.717) is 22.9 Å². The molecular formula is C19H18ClF3N6O. The number of hydrogen-bond acceptors (Lipinski definition) is 6. The van der Waals surface area contributed by atoms with Gasteiger partial charge >= 0.3 is 6.18 Å². The fourth-order valence-electron chi connectivity index (χ4n) is 3.91. The Labute approximate surface area is 175 Å². The number of alkyl halides is 3. The topological polar surface area (TPSA) is 59.3 Å². The Bertz CT molecular complexity index is 1080. The Morgan fingerprint density at radius 2 is 1.87 bits per heavy atom. The highest BCUT2D eigenvalue weighted by molar-refractivity contribution is 6.28. The van der Waals surface area contributed by atoms with Gasteiger partial charge in [0.25, 0.3) is 0 Å². The van der Waals surface area contributed by atoms with Crippen LogP contribution in [-0.2, 0) is 10.9 Å². The lowest BCUT2D eigenvalue weighted by atomic mass is 10.1. The van der Waals surface area contributed by atoms with Crippen LogP contribution in [0.2, 0.25) is 5.28 Å². The van der Waals surface area contributed by atoms with Crippen LogP contribution in [-0.4, -0.2) is 70.1 Å². The van der Waals surface area contributed by atoms with Crippen molar-refractivity contribution in [1.82, 2.24) is 24.6 Å². The Kier molecular flexibility index (Phi) is 4.79. The van der Waals surface area contributed by atoms with Crippen LogP contribution in [0.15, 0.2) is 30.5 Å². The van der Waals surface area contributed by atoms with Crippen molar-refractivity contribution >= 4 is 28.5 Å². The summed E-state index contributed by atoms with van der Waals surface area (Å²) in [5.41, 5.74) is -0.116. The molecule has 3 aromatic rings. The van der Waals surface area contributed by atoms with Crippen molar-refractivity contribution in [1.29, 1.82) is 0 Å². The monoisotopic (exact) mass is 438 g/mol. The summed E-state index contributed by atoms with van der Waals surface area (Å²) >= 11 is 6.16. The molecule has 11 heteroatoms. The lowest BCUT2D eigenvalue weighted by molar-refractivity contribution is -0.137. The second-order valence-corrected chi connectivity index (χ2v) is 7.70. The number of fused-ring (bicyclic) bond motifs is 1. The number of anilines is 1. The first-order valence-electron chi connectivity index (χ1n) is 9.56. The molecule has 2 fully saturated rings. The van der Waals surface area contributed by atoms with Crippen LogP contribution in [0.3, 0.4) is 0 Å². The van der Waals surface area contributed by atoms with Crippen LogP contribution < -0.4 is 4.90 Å². The Balaban J connectivity index is 1.46. The minimum Gasteiger partial charge on any atom is -0.379 e. The highest BCUT2D eigenvalue weighted by Crippen LogP contribution is 2.33. The largest absolute Gasteiger partial charge is 0.416 e. The summed E-state index contributed by atoms with van der Waals surface area (Å²) in [4.78, 5) is 13.1. The highest BCUT2D eigenvalue weighted by atomic mass is 35.5. The van der Waals surface area contributed by atoms with Crippen molar-refractivity contribution in [2.24, 2.45) is 0 Å². The summed E-state index contributed by atoms with van der Waals surface area (Å²) in [6.45, 7) is 4.87. The van der Waals surface area contributed by atoms with Crippen molar-refractivity contribution in [2.45, 2.75) is 12.2 Å². The minimum absolute atomic E-state index is 0.0287. The molecule has 0 aliphatic carbocycles. The molecular weight excluding hydrogens is 421 g/mol. The smallest absolute Gasteiger partial charge is 0.379 e. The van der Waals surface area contributed by atoms with Gasteiger partial charge in [0, 0.05) is 32.2 Å². The van der Waals surface area contributed by atoms with Gasteiger partial charge in [0.05, 0.1) is 36.0 Å². The summed E-state index contributed by atoms with van der Waals surface area (Å²) in [7, 11) is 0. The van der Waals surface area contributed by atoms with E-state index in [-0.39, 0.29) is 11.0 Å². The first-order valence-corrected chi connectivity index (χ1v) is 9.93. The predicted octanol–water partition coefficient (Wildman–Crippen LogP) is 3.01. The van der Waals surface area contributed by atoms with Crippen LogP contribution in [0.4, 0.5) is 19.0 Å². The average Bonchev–Trinajstić information content (AvgIpc) is 3.11. The number of hydrogen-bond donors (Lipinski definition) is 0. The van der Waals surface area contributed by atoms with Gasteiger partial charge in [-0.3, -0.25) is 4.90 Å². The number of nitrogens with zero attached hydrogens (tertiary/aromatic N) is 6. The maximum atomic E-state index is 13.1. The van der Waals surface area contributed by atoms with Crippen LogP contribution in [0.1, 0.15) is 5.56 Å². The minimum atomic E-state index is -4.44. The van der Waals surface area contributed by atoms with Gasteiger partial charge in [-0.05, 0) is 29.8 Å². The van der Waals surface area contributed by atoms with Crippen LogP contribution >= 0.6 is 11.6 Å². The molecule has 2 aromatic heterocycles. The number of ether oxygens (including phenoxy) is 1. The Morgan fingerprint density at radius 1 is 1.10 bits per heavy atom. The molecule has 0 radical (unpaired) electrons. The predicted molar refractivity (Wildman–Crippen MR) is 105 cm³/mol. The van der Waals surface area contributed by atoms with Gasteiger partial charge in [-0.2, -0.15) is 28.2 Å². The zero-order valence-corrected chi connectivity index (χ0v) is 16.6. The van der Waals surface area contributed by atoms with Gasteiger partial charge in [-0.15, -0.1) is 0 Å². The Morgan fingerprint density at radius 3 is 2.60 bits per heavy atom. The second-order valence-electron chi connectivity index (χ2n) is 7.37. The third-order valence-electron chi connectivity index (χ3n) is 5.52. The average molecular weight is 439 g/mol. The Hall–Kier alpha value is -2.43. The van der Waals surface area contributed by atoms with E-state index in [4.69, 9.17) is 16.3 Å². The fourth-order valence-corrected chi connectivity index (χ4v) is 4.07. The molecule has 0 N–H and O–H groups in total. The second kappa shape index (κ2) is 7.36. The fraction of sp³-hybridized carbons (Fsp3) is 0.421. The molecule has 2 aliphatic heterocycles. The van der Waals surface area contributed by atoms with E-state index in [1.165, 1.54) is 10.7 Å². The number of aromatic nitrogens is 4. The van der Waals surface area contributed by atoms with Crippen LogP contribution in [0, 0.1) is 0 Å². The first-order chi connectivity index (χ1) is 14.4. The molecule has 1 aromatic carbocycles. The van der Waals surface area contributed by atoms with E-state index in [2.05, 4.69) is 24.9 Å². The molecule has 0 saturated carbocycles. The summed E-state index contributed by atoms with van der Waals surface area (Å²) < 4.78 is 46.1. The maximum absolute atomic E-state index is 13.1. The summed E-state index contributed by atoms with van der Waals surface area (Å²) in [6, 6.07) is 5.37. The number of halogens is 4. The molecule has 0 amide bonds. The molecule has 7 nitrogen and oxygen atoms in total. The summed E-state index contributed by atoms with van der Waals surface area (Å²) in [5.74, 6) is 0.646. The van der Waals surface area contributed by atoms with E-state index < -0.39 is 11.7 Å². The number of morpholine rings is 1. The van der Waals surface area contributed by atoms with Gasteiger partial charge in [-0.25, -0.2) is 4.68 Å². The van der Waals surface area contributed by atoms with Crippen molar-refractivity contribution in [3.05, 3.63) is 41.3 Å². The van der Waals surface area contributed by atoms with Gasteiger partial charge in [0.2, 0.25) is 5.28 Å². The first kappa shape index (κ1) is 19.5.